The molecule has 0 bridgehead atoms. The van der Waals surface area contributed by atoms with Crippen molar-refractivity contribution in [3.63, 3.8) is 0 Å². The fraction of sp³-hybridized carbons (Fsp3) is 0.0455. The molecule has 1 aromatic heterocycles. The summed E-state index contributed by atoms with van der Waals surface area (Å²) in [5, 5.41) is 12.4. The smallest absolute Gasteiger partial charge is 0.335 e. The molecule has 29 heavy (non-hydrogen) atoms. The van der Waals surface area contributed by atoms with Gasteiger partial charge in [0.05, 0.1) is 16.2 Å². The molecule has 0 atom stereocenters. The Morgan fingerprint density at radius 1 is 1.14 bits per heavy atom. The first-order chi connectivity index (χ1) is 14.0. The molecule has 7 heteroatoms. The number of rotatable bonds is 4. The van der Waals surface area contributed by atoms with E-state index in [2.05, 4.69) is 10.3 Å². The van der Waals surface area contributed by atoms with Gasteiger partial charge >= 0.3 is 5.97 Å². The van der Waals surface area contributed by atoms with E-state index in [1.54, 1.807) is 30.3 Å². The van der Waals surface area contributed by atoms with Gasteiger partial charge in [0.1, 0.15) is 0 Å². The highest BCUT2D eigenvalue weighted by Crippen LogP contribution is 2.29. The summed E-state index contributed by atoms with van der Waals surface area (Å²) in [6.45, 7) is 1.99. The Bertz CT molecular complexity index is 1160. The lowest BCUT2D eigenvalue weighted by Gasteiger charge is -2.07. The fourth-order valence-corrected chi connectivity index (χ4v) is 3.77. The minimum absolute atomic E-state index is 0.199. The van der Waals surface area contributed by atoms with Crippen LogP contribution in [0.3, 0.4) is 0 Å². The first-order valence-electron chi connectivity index (χ1n) is 8.87. The van der Waals surface area contributed by atoms with E-state index in [4.69, 9.17) is 5.11 Å². The molecule has 6 nitrogen and oxygen atoms in total. The number of nitrogens with one attached hydrogen (secondary N) is 1. The summed E-state index contributed by atoms with van der Waals surface area (Å²) in [6.07, 6.45) is 3.66. The number of aromatic carboxylic acids is 1. The highest BCUT2D eigenvalue weighted by molar-refractivity contribution is 8.18. The van der Waals surface area contributed by atoms with Gasteiger partial charge in [0, 0.05) is 17.6 Å². The number of amidine groups is 1. The maximum Gasteiger partial charge on any atom is 0.335 e. The van der Waals surface area contributed by atoms with Gasteiger partial charge in [-0.05, 0) is 78.9 Å². The van der Waals surface area contributed by atoms with Crippen LogP contribution in [0.5, 0.6) is 0 Å². The number of nitrogens with zero attached hydrogens (tertiary/aromatic N) is 2. The molecular formula is C22H17N3O3S. The molecule has 0 radical (unpaired) electrons. The third-order valence-corrected chi connectivity index (χ3v) is 5.24. The summed E-state index contributed by atoms with van der Waals surface area (Å²) in [5.74, 6) is -1.17. The number of carbonyl (C=O) groups excluding carboxylic acids is 1. The van der Waals surface area contributed by atoms with Crippen molar-refractivity contribution in [2.75, 3.05) is 0 Å². The van der Waals surface area contributed by atoms with Crippen LogP contribution in [0.1, 0.15) is 21.6 Å². The van der Waals surface area contributed by atoms with Gasteiger partial charge in [-0.1, -0.05) is 12.1 Å². The number of carboxylic acids is 1. The van der Waals surface area contributed by atoms with Gasteiger partial charge in [0.2, 0.25) is 0 Å². The Balaban J connectivity index is 1.60. The average Bonchev–Trinajstić information content (AvgIpc) is 3.29. The van der Waals surface area contributed by atoms with Gasteiger partial charge in [0.25, 0.3) is 5.91 Å². The van der Waals surface area contributed by atoms with Gasteiger partial charge < -0.3 is 15.0 Å². The van der Waals surface area contributed by atoms with Crippen molar-refractivity contribution in [2.45, 2.75) is 6.92 Å². The van der Waals surface area contributed by atoms with Crippen molar-refractivity contribution < 1.29 is 14.7 Å². The molecule has 0 unspecified atom stereocenters. The first-order valence-corrected chi connectivity index (χ1v) is 9.68. The fourth-order valence-electron chi connectivity index (χ4n) is 2.94. The molecule has 3 aromatic rings. The number of hydrogen-bond donors (Lipinski definition) is 2. The maximum atomic E-state index is 12.4. The molecule has 4 rings (SSSR count). The van der Waals surface area contributed by atoms with Gasteiger partial charge in [-0.25, -0.2) is 9.79 Å². The number of carboxylic acid groups (broad SMARTS) is 1. The van der Waals surface area contributed by atoms with Crippen LogP contribution in [0.4, 0.5) is 5.69 Å². The third kappa shape index (κ3) is 4.14. The van der Waals surface area contributed by atoms with Crippen LogP contribution in [0, 0.1) is 6.92 Å². The van der Waals surface area contributed by atoms with E-state index in [1.807, 2.05) is 54.1 Å². The normalized spacial score (nSPS) is 16.4. The second-order valence-electron chi connectivity index (χ2n) is 6.48. The number of aromatic nitrogens is 1. The predicted octanol–water partition coefficient (Wildman–Crippen LogP) is 4.38. The van der Waals surface area contributed by atoms with E-state index < -0.39 is 5.97 Å². The van der Waals surface area contributed by atoms with Crippen LogP contribution in [0.2, 0.25) is 0 Å². The van der Waals surface area contributed by atoms with E-state index in [-0.39, 0.29) is 11.5 Å². The van der Waals surface area contributed by atoms with Crippen molar-refractivity contribution in [3.8, 4) is 5.69 Å². The number of amides is 1. The lowest BCUT2D eigenvalue weighted by Crippen LogP contribution is -2.19. The minimum atomic E-state index is -0.967. The van der Waals surface area contributed by atoms with E-state index in [0.717, 1.165) is 22.6 Å². The zero-order chi connectivity index (χ0) is 20.4. The molecule has 1 fully saturated rings. The molecule has 1 aliphatic rings. The lowest BCUT2D eigenvalue weighted by atomic mass is 10.2. The number of aliphatic imine (C=N–C) groups is 1. The van der Waals surface area contributed by atoms with E-state index in [9.17, 15) is 9.59 Å². The van der Waals surface area contributed by atoms with Crippen LogP contribution in [0.25, 0.3) is 11.8 Å². The summed E-state index contributed by atoms with van der Waals surface area (Å²) in [7, 11) is 0. The Labute approximate surface area is 171 Å². The number of thioether (sulfide) groups is 1. The SMILES string of the molecule is Cc1cccc(N=C2NC(=O)/C(=C/c3cccn3-c3ccc(C(=O)O)cc3)S2)c1. The Morgan fingerprint density at radius 2 is 1.93 bits per heavy atom. The van der Waals surface area contributed by atoms with Crippen LogP contribution in [-0.4, -0.2) is 26.7 Å². The van der Waals surface area contributed by atoms with Crippen molar-refractivity contribution in [1.29, 1.82) is 0 Å². The molecule has 0 aliphatic carbocycles. The number of hydrogen-bond acceptors (Lipinski definition) is 4. The molecule has 2 aromatic carbocycles. The van der Waals surface area contributed by atoms with Crippen molar-refractivity contribution >= 4 is 40.6 Å². The summed E-state index contributed by atoms with van der Waals surface area (Å²) >= 11 is 1.29. The Morgan fingerprint density at radius 3 is 2.66 bits per heavy atom. The standard InChI is InChI=1S/C22H17N3O3S/c1-14-4-2-5-16(12-14)23-22-24-20(26)19(29-22)13-18-6-3-11-25(18)17-9-7-15(8-10-17)21(27)28/h2-13H,1H3,(H,27,28)(H,23,24,26)/b19-13-. The van der Waals surface area contributed by atoms with Gasteiger partial charge in [-0.3, -0.25) is 4.79 Å². The number of aryl methyl sites for hydroxylation is 1. The van der Waals surface area contributed by atoms with Crippen LogP contribution < -0.4 is 5.32 Å². The molecule has 0 saturated carbocycles. The molecule has 2 N–H and O–H groups in total. The number of carbonyl (C=O) groups is 2. The summed E-state index contributed by atoms with van der Waals surface area (Å²) in [6, 6.07) is 18.1. The molecule has 1 saturated heterocycles. The van der Waals surface area contributed by atoms with Crippen LogP contribution in [-0.2, 0) is 4.79 Å². The van der Waals surface area contributed by atoms with Crippen LogP contribution >= 0.6 is 11.8 Å². The first kappa shape index (κ1) is 18.8. The Kier molecular flexibility index (Phi) is 5.05. The minimum Gasteiger partial charge on any atom is -0.478 e. The highest BCUT2D eigenvalue weighted by atomic mass is 32.2. The Hall–Kier alpha value is -3.58. The van der Waals surface area contributed by atoms with Gasteiger partial charge in [0.15, 0.2) is 5.17 Å². The third-order valence-electron chi connectivity index (χ3n) is 4.33. The van der Waals surface area contributed by atoms with E-state index in [1.165, 1.54) is 11.8 Å². The summed E-state index contributed by atoms with van der Waals surface area (Å²) < 4.78 is 1.89. The maximum absolute atomic E-state index is 12.4. The topological polar surface area (TPSA) is 83.7 Å². The van der Waals surface area contributed by atoms with Gasteiger partial charge in [-0.2, -0.15) is 0 Å². The second kappa shape index (κ2) is 7.81. The zero-order valence-corrected chi connectivity index (χ0v) is 16.3. The molecule has 1 aliphatic heterocycles. The van der Waals surface area contributed by atoms with E-state index in [0.29, 0.717) is 10.1 Å². The average molecular weight is 403 g/mol. The van der Waals surface area contributed by atoms with Crippen LogP contribution in [0.15, 0.2) is 76.8 Å². The number of benzene rings is 2. The van der Waals surface area contributed by atoms with Crippen molar-refractivity contribution in [2.24, 2.45) is 4.99 Å². The largest absolute Gasteiger partial charge is 0.478 e. The van der Waals surface area contributed by atoms with Crippen molar-refractivity contribution in [3.05, 3.63) is 88.6 Å². The van der Waals surface area contributed by atoms with Crippen molar-refractivity contribution in [1.82, 2.24) is 9.88 Å². The van der Waals surface area contributed by atoms with E-state index >= 15 is 0 Å². The molecule has 2 heterocycles. The zero-order valence-electron chi connectivity index (χ0n) is 15.5. The molecule has 0 spiro atoms. The summed E-state index contributed by atoms with van der Waals surface area (Å²) in [4.78, 5) is 28.5. The predicted molar refractivity (Wildman–Crippen MR) is 115 cm³/mol. The molecule has 1 amide bonds. The monoisotopic (exact) mass is 403 g/mol. The highest BCUT2D eigenvalue weighted by Gasteiger charge is 2.24. The second-order valence-corrected chi connectivity index (χ2v) is 7.51. The summed E-state index contributed by atoms with van der Waals surface area (Å²) in [5.41, 5.74) is 3.73. The molecular weight excluding hydrogens is 386 g/mol. The lowest BCUT2D eigenvalue weighted by molar-refractivity contribution is -0.115. The van der Waals surface area contributed by atoms with Gasteiger partial charge in [-0.15, -0.1) is 0 Å². The quantitative estimate of drug-likeness (QED) is 0.634. The molecule has 144 valence electrons.